The number of fused-ring (bicyclic) bond motifs is 1. The number of nitrogens with one attached hydrogen (secondary N) is 1. The van der Waals surface area contributed by atoms with Gasteiger partial charge >= 0.3 is 0 Å². The van der Waals surface area contributed by atoms with Crippen molar-refractivity contribution in [3.8, 4) is 0 Å². The van der Waals surface area contributed by atoms with Gasteiger partial charge in [-0.25, -0.2) is 0 Å². The third kappa shape index (κ3) is 2.59. The van der Waals surface area contributed by atoms with Crippen molar-refractivity contribution < 1.29 is 4.79 Å². The number of carbonyl (C=O) groups excluding carboxylic acids is 1. The van der Waals surface area contributed by atoms with Crippen molar-refractivity contribution >= 4 is 5.91 Å². The molecule has 5 atom stereocenters. The minimum absolute atomic E-state index is 0.0716. The van der Waals surface area contributed by atoms with Crippen LogP contribution in [0.15, 0.2) is 12.4 Å². The summed E-state index contributed by atoms with van der Waals surface area (Å²) >= 11 is 0. The van der Waals surface area contributed by atoms with E-state index in [1.807, 2.05) is 17.9 Å². The van der Waals surface area contributed by atoms with Crippen LogP contribution in [-0.4, -0.2) is 45.8 Å². The Morgan fingerprint density at radius 2 is 2.13 bits per heavy atom. The molecule has 23 heavy (non-hydrogen) atoms. The lowest BCUT2D eigenvalue weighted by molar-refractivity contribution is -0.138. The van der Waals surface area contributed by atoms with Gasteiger partial charge in [-0.15, -0.1) is 0 Å². The fourth-order valence-corrected chi connectivity index (χ4v) is 5.20. The summed E-state index contributed by atoms with van der Waals surface area (Å²) in [7, 11) is 1.94. The van der Waals surface area contributed by atoms with Crippen molar-refractivity contribution in [2.24, 2.45) is 18.9 Å². The standard InChI is InChI=1S/C18H28N4O/c1-12-7-13-5-3-4-6-17(13)22(12)18(23)16-10-19-9-15(16)14-8-20-21(2)11-14/h8,11-13,15-17,19H,3-7,9-10H2,1-2H3/t12?,13?,15-,16+,17?/m1/s1. The zero-order valence-corrected chi connectivity index (χ0v) is 14.2. The first-order valence-electron chi connectivity index (χ1n) is 9.16. The van der Waals surface area contributed by atoms with E-state index in [2.05, 4.69) is 28.4 Å². The third-order valence-corrected chi connectivity index (χ3v) is 6.28. The fourth-order valence-electron chi connectivity index (χ4n) is 5.20. The maximum atomic E-state index is 13.4. The molecule has 3 fully saturated rings. The molecule has 126 valence electrons. The summed E-state index contributed by atoms with van der Waals surface area (Å²) in [6, 6.07) is 0.909. The van der Waals surface area contributed by atoms with Gasteiger partial charge in [0.25, 0.3) is 0 Å². The van der Waals surface area contributed by atoms with E-state index in [-0.39, 0.29) is 11.8 Å². The lowest BCUT2D eigenvalue weighted by Crippen LogP contribution is -2.46. The normalized spacial score (nSPS) is 37.1. The van der Waals surface area contributed by atoms with E-state index in [0.29, 0.717) is 18.0 Å². The van der Waals surface area contributed by atoms with E-state index in [1.165, 1.54) is 37.7 Å². The molecule has 2 saturated heterocycles. The Morgan fingerprint density at radius 3 is 2.91 bits per heavy atom. The van der Waals surface area contributed by atoms with Crippen LogP contribution in [0.2, 0.25) is 0 Å². The molecule has 4 rings (SSSR count). The van der Waals surface area contributed by atoms with E-state index in [0.717, 1.165) is 19.0 Å². The van der Waals surface area contributed by atoms with Gasteiger partial charge in [-0.05, 0) is 37.7 Å². The zero-order chi connectivity index (χ0) is 16.0. The molecule has 3 heterocycles. The van der Waals surface area contributed by atoms with Gasteiger partial charge in [-0.3, -0.25) is 9.48 Å². The van der Waals surface area contributed by atoms with Crippen LogP contribution in [0.3, 0.4) is 0 Å². The van der Waals surface area contributed by atoms with Gasteiger partial charge in [0, 0.05) is 44.3 Å². The Bertz CT molecular complexity index is 583. The molecule has 3 unspecified atom stereocenters. The van der Waals surface area contributed by atoms with Crippen molar-refractivity contribution in [2.75, 3.05) is 13.1 Å². The summed E-state index contributed by atoms with van der Waals surface area (Å²) < 4.78 is 1.84. The molecule has 2 aliphatic heterocycles. The van der Waals surface area contributed by atoms with E-state index < -0.39 is 0 Å². The maximum absolute atomic E-state index is 13.4. The molecule has 0 aromatic carbocycles. The molecule has 5 nitrogen and oxygen atoms in total. The number of hydrogen-bond donors (Lipinski definition) is 1. The average Bonchev–Trinajstić information content (AvgIpc) is 3.23. The largest absolute Gasteiger partial charge is 0.336 e. The van der Waals surface area contributed by atoms with Crippen molar-refractivity contribution in [1.29, 1.82) is 0 Å². The van der Waals surface area contributed by atoms with E-state index in [4.69, 9.17) is 0 Å². The van der Waals surface area contributed by atoms with Crippen molar-refractivity contribution in [1.82, 2.24) is 20.0 Å². The van der Waals surface area contributed by atoms with E-state index >= 15 is 0 Å². The van der Waals surface area contributed by atoms with Crippen molar-refractivity contribution in [3.05, 3.63) is 18.0 Å². The highest BCUT2D eigenvalue weighted by Gasteiger charge is 2.46. The highest BCUT2D eigenvalue weighted by molar-refractivity contribution is 5.81. The lowest BCUT2D eigenvalue weighted by Gasteiger charge is -2.35. The Hall–Kier alpha value is -1.36. The zero-order valence-electron chi connectivity index (χ0n) is 14.2. The number of rotatable bonds is 2. The van der Waals surface area contributed by atoms with Crippen LogP contribution in [0.25, 0.3) is 0 Å². The summed E-state index contributed by atoms with van der Waals surface area (Å²) in [5, 5.41) is 7.73. The first-order valence-corrected chi connectivity index (χ1v) is 9.16. The Kier molecular flexibility index (Phi) is 3.92. The molecule has 1 N–H and O–H groups in total. The number of aromatic nitrogens is 2. The summed E-state index contributed by atoms with van der Waals surface area (Å²) in [6.45, 7) is 3.94. The molecule has 1 saturated carbocycles. The van der Waals surface area contributed by atoms with E-state index in [9.17, 15) is 4.79 Å². The fraction of sp³-hybridized carbons (Fsp3) is 0.778. The summed E-state index contributed by atoms with van der Waals surface area (Å²) in [6.07, 6.45) is 10.3. The molecular weight excluding hydrogens is 288 g/mol. The van der Waals surface area contributed by atoms with Crippen molar-refractivity contribution in [3.63, 3.8) is 0 Å². The first-order chi connectivity index (χ1) is 11.1. The molecule has 0 spiro atoms. The number of hydrogen-bond acceptors (Lipinski definition) is 3. The monoisotopic (exact) mass is 316 g/mol. The highest BCUT2D eigenvalue weighted by atomic mass is 16.2. The predicted molar refractivity (Wildman–Crippen MR) is 89.0 cm³/mol. The molecule has 5 heteroatoms. The number of carbonyl (C=O) groups is 1. The average molecular weight is 316 g/mol. The number of amides is 1. The predicted octanol–water partition coefficient (Wildman–Crippen LogP) is 1.90. The number of aryl methyl sites for hydroxylation is 1. The molecule has 1 aromatic heterocycles. The molecule has 0 bridgehead atoms. The Morgan fingerprint density at radius 1 is 1.30 bits per heavy atom. The lowest BCUT2D eigenvalue weighted by atomic mass is 9.84. The molecule has 1 aliphatic carbocycles. The second kappa shape index (κ2) is 5.93. The Balaban J connectivity index is 1.55. The molecule has 1 aromatic rings. The van der Waals surface area contributed by atoms with Gasteiger partial charge < -0.3 is 10.2 Å². The van der Waals surface area contributed by atoms with Crippen LogP contribution in [-0.2, 0) is 11.8 Å². The van der Waals surface area contributed by atoms with Gasteiger partial charge in [0.1, 0.15) is 0 Å². The van der Waals surface area contributed by atoms with Crippen LogP contribution >= 0.6 is 0 Å². The first kappa shape index (κ1) is 15.2. The van der Waals surface area contributed by atoms with Crippen molar-refractivity contribution in [2.45, 2.75) is 57.0 Å². The van der Waals surface area contributed by atoms with Gasteiger partial charge in [-0.2, -0.15) is 5.10 Å². The second-order valence-corrected chi connectivity index (χ2v) is 7.76. The summed E-state index contributed by atoms with van der Waals surface area (Å²) in [4.78, 5) is 15.6. The van der Waals surface area contributed by atoms with Gasteiger partial charge in [0.15, 0.2) is 0 Å². The smallest absolute Gasteiger partial charge is 0.228 e. The quantitative estimate of drug-likeness (QED) is 0.907. The topological polar surface area (TPSA) is 50.2 Å². The molecule has 3 aliphatic rings. The summed E-state index contributed by atoms with van der Waals surface area (Å²) in [5.74, 6) is 1.47. The molecule has 1 amide bonds. The van der Waals surface area contributed by atoms with Crippen LogP contribution in [0.5, 0.6) is 0 Å². The van der Waals surface area contributed by atoms with E-state index in [1.54, 1.807) is 0 Å². The third-order valence-electron chi connectivity index (χ3n) is 6.28. The van der Waals surface area contributed by atoms with Gasteiger partial charge in [-0.1, -0.05) is 12.8 Å². The minimum Gasteiger partial charge on any atom is -0.336 e. The second-order valence-electron chi connectivity index (χ2n) is 7.76. The number of likely N-dealkylation sites (tertiary alicyclic amines) is 1. The minimum atomic E-state index is 0.0716. The van der Waals surface area contributed by atoms with Crippen LogP contribution < -0.4 is 5.32 Å². The van der Waals surface area contributed by atoms with Crippen LogP contribution in [0.1, 0.15) is 50.5 Å². The molecular formula is C18H28N4O. The Labute approximate surface area is 138 Å². The number of nitrogens with zero attached hydrogens (tertiary/aromatic N) is 3. The van der Waals surface area contributed by atoms with Gasteiger partial charge in [0.2, 0.25) is 5.91 Å². The van der Waals surface area contributed by atoms with Gasteiger partial charge in [0.05, 0.1) is 12.1 Å². The summed E-state index contributed by atoms with van der Waals surface area (Å²) in [5.41, 5.74) is 1.20. The maximum Gasteiger partial charge on any atom is 0.228 e. The van der Waals surface area contributed by atoms with Crippen LogP contribution in [0, 0.1) is 11.8 Å². The van der Waals surface area contributed by atoms with Crippen LogP contribution in [0.4, 0.5) is 0 Å². The highest BCUT2D eigenvalue weighted by Crippen LogP contribution is 2.41. The molecule has 0 radical (unpaired) electrons. The SMILES string of the molecule is CC1CC2CCCCC2N1C(=O)[C@H]1CNC[C@@H]1c1cnn(C)c1.